The Morgan fingerprint density at radius 2 is 1.83 bits per heavy atom. The van der Waals surface area contributed by atoms with E-state index in [4.69, 9.17) is 0 Å². The highest BCUT2D eigenvalue weighted by atomic mass is 32.2. The van der Waals surface area contributed by atoms with Crippen LogP contribution in [0.3, 0.4) is 0 Å². The van der Waals surface area contributed by atoms with Gasteiger partial charge in [0.15, 0.2) is 0 Å². The van der Waals surface area contributed by atoms with Gasteiger partial charge in [0.25, 0.3) is 5.91 Å². The summed E-state index contributed by atoms with van der Waals surface area (Å²) in [5, 5.41) is 2.83. The number of benzene rings is 1. The van der Waals surface area contributed by atoms with Crippen LogP contribution in [0.1, 0.15) is 16.8 Å². The number of carbonyl (C=O) groups is 1. The van der Waals surface area contributed by atoms with Gasteiger partial charge >= 0.3 is 0 Å². The highest BCUT2D eigenvalue weighted by Gasteiger charge is 2.27. The van der Waals surface area contributed by atoms with E-state index in [0.717, 1.165) is 10.7 Å². The van der Waals surface area contributed by atoms with E-state index in [9.17, 15) is 13.2 Å². The first kappa shape index (κ1) is 21.6. The van der Waals surface area contributed by atoms with E-state index in [1.165, 1.54) is 16.1 Å². The first-order chi connectivity index (χ1) is 14.0. The van der Waals surface area contributed by atoms with Crippen molar-refractivity contribution in [3.05, 3.63) is 54.2 Å². The second-order valence-corrected chi connectivity index (χ2v) is 9.64. The fourth-order valence-electron chi connectivity index (χ4n) is 3.25. The maximum atomic E-state index is 12.6. The molecule has 0 spiro atoms. The average Bonchev–Trinajstić information content (AvgIpc) is 2.77. The molecule has 7 nitrogen and oxygen atoms in total. The highest BCUT2D eigenvalue weighted by molar-refractivity contribution is 7.98. The number of piperazine rings is 1. The minimum atomic E-state index is -3.33. The maximum absolute atomic E-state index is 12.6. The molecular weight excluding hydrogens is 408 g/mol. The largest absolute Gasteiger partial charge is 0.354 e. The highest BCUT2D eigenvalue weighted by Crippen LogP contribution is 2.19. The Kier molecular flexibility index (Phi) is 7.51. The summed E-state index contributed by atoms with van der Waals surface area (Å²) in [6, 6.07) is 13.1. The molecule has 1 aliphatic rings. The zero-order valence-corrected chi connectivity index (χ0v) is 18.1. The van der Waals surface area contributed by atoms with Gasteiger partial charge in [-0.25, -0.2) is 13.4 Å². The molecule has 1 fully saturated rings. The van der Waals surface area contributed by atoms with Crippen molar-refractivity contribution in [2.75, 3.05) is 49.6 Å². The smallest absolute Gasteiger partial charge is 0.252 e. The Labute approximate surface area is 176 Å². The summed E-state index contributed by atoms with van der Waals surface area (Å²) in [4.78, 5) is 19.6. The number of nitrogens with zero attached hydrogens (tertiary/aromatic N) is 3. The fourth-order valence-corrected chi connectivity index (χ4v) is 5.33. The summed E-state index contributed by atoms with van der Waals surface area (Å²) in [5.41, 5.74) is 0.619. The van der Waals surface area contributed by atoms with Crippen molar-refractivity contribution in [3.63, 3.8) is 0 Å². The molecule has 3 rings (SSSR count). The molecule has 0 aliphatic carbocycles. The standard InChI is InChI=1S/C20H26N4O3S2/c1-28-18-8-3-2-7-17(18)20(25)22-11-6-16-29(26,27)24-14-12-23(13-15-24)19-9-4-5-10-21-19/h2-5,7-10H,6,11-16H2,1H3,(H,22,25). The number of pyridine rings is 1. The van der Waals surface area contributed by atoms with Crippen molar-refractivity contribution in [3.8, 4) is 0 Å². The molecule has 1 aromatic heterocycles. The van der Waals surface area contributed by atoms with Crippen LogP contribution in [0, 0.1) is 0 Å². The van der Waals surface area contributed by atoms with E-state index in [0.29, 0.717) is 44.7 Å². The van der Waals surface area contributed by atoms with Crippen LogP contribution < -0.4 is 10.2 Å². The molecule has 0 bridgehead atoms. The Hall–Kier alpha value is -2.10. The van der Waals surface area contributed by atoms with Gasteiger partial charge in [0, 0.05) is 43.8 Å². The molecule has 9 heteroatoms. The van der Waals surface area contributed by atoms with Gasteiger partial charge in [-0.3, -0.25) is 4.79 Å². The second kappa shape index (κ2) is 10.1. The van der Waals surface area contributed by atoms with Crippen molar-refractivity contribution in [1.82, 2.24) is 14.6 Å². The van der Waals surface area contributed by atoms with Crippen LogP contribution in [0.4, 0.5) is 5.82 Å². The third kappa shape index (κ3) is 5.71. The van der Waals surface area contributed by atoms with Crippen LogP contribution >= 0.6 is 11.8 Å². The summed E-state index contributed by atoms with van der Waals surface area (Å²) in [6.45, 7) is 2.48. The van der Waals surface area contributed by atoms with Crippen molar-refractivity contribution in [2.45, 2.75) is 11.3 Å². The number of carbonyl (C=O) groups excluding carboxylic acids is 1. The molecule has 2 heterocycles. The molecule has 29 heavy (non-hydrogen) atoms. The Morgan fingerprint density at radius 1 is 1.10 bits per heavy atom. The lowest BCUT2D eigenvalue weighted by molar-refractivity contribution is 0.0950. The Balaban J connectivity index is 1.44. The summed E-state index contributed by atoms with van der Waals surface area (Å²) < 4.78 is 26.8. The van der Waals surface area contributed by atoms with Gasteiger partial charge in [0.2, 0.25) is 10.0 Å². The molecule has 1 saturated heterocycles. The normalized spacial score (nSPS) is 15.3. The molecule has 1 aromatic carbocycles. The summed E-state index contributed by atoms with van der Waals surface area (Å²) in [7, 11) is -3.33. The van der Waals surface area contributed by atoms with E-state index in [2.05, 4.69) is 15.2 Å². The summed E-state index contributed by atoms with van der Waals surface area (Å²) >= 11 is 1.51. The van der Waals surface area contributed by atoms with Crippen LogP contribution in [-0.4, -0.2) is 68.3 Å². The van der Waals surface area contributed by atoms with Gasteiger partial charge in [-0.2, -0.15) is 4.31 Å². The van der Waals surface area contributed by atoms with Crippen molar-refractivity contribution in [1.29, 1.82) is 0 Å². The monoisotopic (exact) mass is 434 g/mol. The molecule has 156 valence electrons. The van der Waals surface area contributed by atoms with Gasteiger partial charge in [0.1, 0.15) is 5.82 Å². The van der Waals surface area contributed by atoms with E-state index >= 15 is 0 Å². The number of aromatic nitrogens is 1. The maximum Gasteiger partial charge on any atom is 0.252 e. The van der Waals surface area contributed by atoms with E-state index in [1.54, 1.807) is 12.3 Å². The third-order valence-corrected chi connectivity index (χ3v) is 7.57. The number of sulfonamides is 1. The van der Waals surface area contributed by atoms with Gasteiger partial charge in [-0.05, 0) is 36.9 Å². The summed E-state index contributed by atoms with van der Waals surface area (Å²) in [6.07, 6.45) is 4.05. The van der Waals surface area contributed by atoms with Crippen molar-refractivity contribution < 1.29 is 13.2 Å². The number of hydrogen-bond donors (Lipinski definition) is 1. The topological polar surface area (TPSA) is 82.6 Å². The number of anilines is 1. The molecule has 2 aromatic rings. The van der Waals surface area contributed by atoms with Crippen molar-refractivity contribution in [2.24, 2.45) is 0 Å². The fraction of sp³-hybridized carbons (Fsp3) is 0.400. The zero-order valence-electron chi connectivity index (χ0n) is 16.5. The molecule has 0 saturated carbocycles. The number of thioether (sulfide) groups is 1. The molecule has 0 unspecified atom stereocenters. The first-order valence-electron chi connectivity index (χ1n) is 9.56. The Morgan fingerprint density at radius 3 is 2.52 bits per heavy atom. The van der Waals surface area contributed by atoms with Crippen molar-refractivity contribution >= 4 is 33.5 Å². The van der Waals surface area contributed by atoms with Crippen LogP contribution in [0.2, 0.25) is 0 Å². The molecule has 1 N–H and O–H groups in total. The summed E-state index contributed by atoms with van der Waals surface area (Å²) in [5.74, 6) is 0.732. The van der Waals surface area contributed by atoms with Gasteiger partial charge < -0.3 is 10.2 Å². The lowest BCUT2D eigenvalue weighted by atomic mass is 10.2. The Bertz CT molecular complexity index is 914. The molecule has 0 atom stereocenters. The van der Waals surface area contributed by atoms with Crippen LogP contribution in [-0.2, 0) is 10.0 Å². The van der Waals surface area contributed by atoms with Crippen LogP contribution in [0.15, 0.2) is 53.6 Å². The van der Waals surface area contributed by atoms with Gasteiger partial charge in [-0.1, -0.05) is 18.2 Å². The quantitative estimate of drug-likeness (QED) is 0.506. The minimum Gasteiger partial charge on any atom is -0.354 e. The predicted octanol–water partition coefficient (Wildman–Crippen LogP) is 2.08. The predicted molar refractivity (Wildman–Crippen MR) is 117 cm³/mol. The number of hydrogen-bond acceptors (Lipinski definition) is 6. The number of nitrogens with one attached hydrogen (secondary N) is 1. The molecule has 1 amide bonds. The van der Waals surface area contributed by atoms with E-state index < -0.39 is 10.0 Å². The lowest BCUT2D eigenvalue weighted by Gasteiger charge is -2.34. The van der Waals surface area contributed by atoms with Crippen LogP contribution in [0.25, 0.3) is 0 Å². The molecular formula is C20H26N4O3S2. The minimum absolute atomic E-state index is 0.0288. The average molecular weight is 435 g/mol. The second-order valence-electron chi connectivity index (χ2n) is 6.70. The number of rotatable bonds is 8. The SMILES string of the molecule is CSc1ccccc1C(=O)NCCCS(=O)(=O)N1CCN(c2ccccn2)CC1. The van der Waals surface area contributed by atoms with E-state index in [-0.39, 0.29) is 11.7 Å². The van der Waals surface area contributed by atoms with Crippen LogP contribution in [0.5, 0.6) is 0 Å². The number of amides is 1. The van der Waals surface area contributed by atoms with Gasteiger partial charge in [0.05, 0.1) is 11.3 Å². The third-order valence-electron chi connectivity index (χ3n) is 4.82. The van der Waals surface area contributed by atoms with E-state index in [1.807, 2.05) is 42.7 Å². The molecule has 1 aliphatic heterocycles. The van der Waals surface area contributed by atoms with Gasteiger partial charge in [-0.15, -0.1) is 11.8 Å². The lowest BCUT2D eigenvalue weighted by Crippen LogP contribution is -2.49. The molecule has 0 radical (unpaired) electrons. The first-order valence-corrected chi connectivity index (χ1v) is 12.4. The zero-order chi connectivity index (χ0) is 20.7.